The van der Waals surface area contributed by atoms with E-state index in [0.717, 1.165) is 25.7 Å². The number of nitrogens with two attached hydrogens (primary N) is 1. The van der Waals surface area contributed by atoms with Crippen LogP contribution in [-0.2, 0) is 14.3 Å². The minimum absolute atomic E-state index is 0.168. The quantitative estimate of drug-likeness (QED) is 0.709. The van der Waals surface area contributed by atoms with Crippen molar-refractivity contribution in [3.8, 4) is 0 Å². The van der Waals surface area contributed by atoms with Crippen LogP contribution in [0.4, 0.5) is 0 Å². The lowest BCUT2D eigenvalue weighted by molar-refractivity contribution is -0.128. The van der Waals surface area contributed by atoms with E-state index in [9.17, 15) is 4.79 Å². The van der Waals surface area contributed by atoms with E-state index in [1.165, 1.54) is 0 Å². The van der Waals surface area contributed by atoms with E-state index in [4.69, 9.17) is 15.2 Å². The van der Waals surface area contributed by atoms with Gasteiger partial charge in [0.05, 0.1) is 18.8 Å². The Bertz CT molecular complexity index is 273. The second kappa shape index (κ2) is 7.07. The molecule has 1 rings (SSSR count). The summed E-state index contributed by atoms with van der Waals surface area (Å²) in [5.74, 6) is -0.372. The molecule has 5 nitrogen and oxygen atoms in total. The minimum atomic E-state index is -0.783. The second-order valence-electron chi connectivity index (χ2n) is 5.18. The third-order valence-corrected chi connectivity index (χ3v) is 3.63. The smallest absolute Gasteiger partial charge is 0.239 e. The van der Waals surface area contributed by atoms with Crippen LogP contribution < -0.4 is 11.1 Å². The molecule has 0 aromatic rings. The summed E-state index contributed by atoms with van der Waals surface area (Å²) < 4.78 is 11.2. The van der Waals surface area contributed by atoms with Gasteiger partial charge in [-0.3, -0.25) is 4.79 Å². The Balaban J connectivity index is 2.44. The van der Waals surface area contributed by atoms with Crippen LogP contribution >= 0.6 is 0 Å². The van der Waals surface area contributed by atoms with Crippen LogP contribution in [0.2, 0.25) is 0 Å². The second-order valence-corrected chi connectivity index (χ2v) is 5.18. The fraction of sp³-hybridized carbons (Fsp3) is 0.923. The molecule has 0 aromatic heterocycles. The third kappa shape index (κ3) is 4.23. The molecule has 1 aliphatic rings. The van der Waals surface area contributed by atoms with Gasteiger partial charge in [0.2, 0.25) is 5.91 Å². The summed E-state index contributed by atoms with van der Waals surface area (Å²) >= 11 is 0. The van der Waals surface area contributed by atoms with Gasteiger partial charge in [-0.25, -0.2) is 0 Å². The topological polar surface area (TPSA) is 73.6 Å². The van der Waals surface area contributed by atoms with Gasteiger partial charge in [0, 0.05) is 7.11 Å². The van der Waals surface area contributed by atoms with Crippen LogP contribution in [-0.4, -0.2) is 43.9 Å². The van der Waals surface area contributed by atoms with Crippen molar-refractivity contribution in [3.05, 3.63) is 0 Å². The normalized spacial score (nSPS) is 27.7. The van der Waals surface area contributed by atoms with Crippen molar-refractivity contribution in [1.82, 2.24) is 5.32 Å². The molecule has 3 N–H and O–H groups in total. The van der Waals surface area contributed by atoms with Crippen molar-refractivity contribution in [2.24, 2.45) is 5.73 Å². The van der Waals surface area contributed by atoms with Crippen molar-refractivity contribution in [2.75, 3.05) is 20.3 Å². The van der Waals surface area contributed by atoms with Crippen LogP contribution in [0, 0.1) is 0 Å². The molecule has 0 aromatic carbocycles. The molecule has 0 spiro atoms. The zero-order valence-corrected chi connectivity index (χ0v) is 11.7. The Morgan fingerprint density at radius 3 is 2.67 bits per heavy atom. The summed E-state index contributed by atoms with van der Waals surface area (Å²) in [7, 11) is 1.74. The molecule has 0 aliphatic heterocycles. The van der Waals surface area contributed by atoms with Gasteiger partial charge in [0.25, 0.3) is 0 Å². The van der Waals surface area contributed by atoms with E-state index in [0.29, 0.717) is 13.2 Å². The highest BCUT2D eigenvalue weighted by Gasteiger charge is 2.32. The summed E-state index contributed by atoms with van der Waals surface area (Å²) in [4.78, 5) is 11.5. The summed E-state index contributed by atoms with van der Waals surface area (Å²) in [6, 6.07) is 0. The predicted molar refractivity (Wildman–Crippen MR) is 70.3 cm³/mol. The molecule has 0 radical (unpaired) electrons. The van der Waals surface area contributed by atoms with Crippen molar-refractivity contribution in [2.45, 2.75) is 57.3 Å². The molecular formula is C13H26N2O3. The monoisotopic (exact) mass is 258 g/mol. The number of primary amides is 1. The van der Waals surface area contributed by atoms with Crippen LogP contribution in [0.1, 0.15) is 39.5 Å². The number of carbonyl (C=O) groups is 1. The Morgan fingerprint density at radius 2 is 2.11 bits per heavy atom. The highest BCUT2D eigenvalue weighted by atomic mass is 16.5. The third-order valence-electron chi connectivity index (χ3n) is 3.63. The summed E-state index contributed by atoms with van der Waals surface area (Å²) in [5, 5.41) is 3.09. The fourth-order valence-electron chi connectivity index (χ4n) is 2.35. The average Bonchev–Trinajstić information content (AvgIpc) is 2.37. The lowest BCUT2D eigenvalue weighted by atomic mass is 9.94. The van der Waals surface area contributed by atoms with E-state index in [1.54, 1.807) is 14.0 Å². The Labute approximate surface area is 109 Å². The van der Waals surface area contributed by atoms with E-state index in [2.05, 4.69) is 5.32 Å². The minimum Gasteiger partial charge on any atom is -0.381 e. The zero-order chi connectivity index (χ0) is 13.6. The van der Waals surface area contributed by atoms with Crippen LogP contribution in [0.5, 0.6) is 0 Å². The van der Waals surface area contributed by atoms with Gasteiger partial charge < -0.3 is 20.5 Å². The number of hydrogen-bond donors (Lipinski definition) is 2. The summed E-state index contributed by atoms with van der Waals surface area (Å²) in [6.07, 6.45) is 4.58. The molecule has 3 unspecified atom stereocenters. The van der Waals surface area contributed by atoms with Gasteiger partial charge in [-0.2, -0.15) is 0 Å². The maximum Gasteiger partial charge on any atom is 0.239 e. The number of likely N-dealkylation sites (N-methyl/N-ethyl adjacent to an activating group) is 1. The molecule has 1 amide bonds. The van der Waals surface area contributed by atoms with Crippen molar-refractivity contribution in [1.29, 1.82) is 0 Å². The van der Waals surface area contributed by atoms with Crippen LogP contribution in [0.25, 0.3) is 0 Å². The highest BCUT2D eigenvalue weighted by molar-refractivity contribution is 5.84. The van der Waals surface area contributed by atoms with Gasteiger partial charge in [0.15, 0.2) is 0 Å². The lowest BCUT2D eigenvalue weighted by Crippen LogP contribution is -2.56. The van der Waals surface area contributed by atoms with E-state index < -0.39 is 5.54 Å². The molecule has 0 heterocycles. The first-order chi connectivity index (χ1) is 8.51. The van der Waals surface area contributed by atoms with Crippen LogP contribution in [0.3, 0.4) is 0 Å². The van der Waals surface area contributed by atoms with Crippen LogP contribution in [0.15, 0.2) is 0 Å². The molecule has 3 atom stereocenters. The van der Waals surface area contributed by atoms with Gasteiger partial charge in [-0.05, 0) is 39.2 Å². The molecule has 0 bridgehead atoms. The summed E-state index contributed by atoms with van der Waals surface area (Å²) in [6.45, 7) is 4.74. The SMILES string of the molecule is CCNC(C)(COC1CCCC(OC)C1)C(N)=O. The molecule has 106 valence electrons. The maximum atomic E-state index is 11.5. The Hall–Kier alpha value is -0.650. The first-order valence-corrected chi connectivity index (χ1v) is 6.71. The van der Waals surface area contributed by atoms with E-state index in [1.807, 2.05) is 6.92 Å². The van der Waals surface area contributed by atoms with E-state index >= 15 is 0 Å². The van der Waals surface area contributed by atoms with Crippen molar-refractivity contribution >= 4 is 5.91 Å². The van der Waals surface area contributed by atoms with Gasteiger partial charge in [-0.15, -0.1) is 0 Å². The van der Waals surface area contributed by atoms with Gasteiger partial charge in [-0.1, -0.05) is 6.92 Å². The molecule has 1 saturated carbocycles. The molecular weight excluding hydrogens is 232 g/mol. The Kier molecular flexibility index (Phi) is 6.05. The number of amides is 1. The summed E-state index contributed by atoms with van der Waals surface area (Å²) in [5.41, 5.74) is 4.64. The zero-order valence-electron chi connectivity index (χ0n) is 11.7. The number of carbonyl (C=O) groups excluding carboxylic acids is 1. The average molecular weight is 258 g/mol. The molecule has 0 saturated heterocycles. The molecule has 1 fully saturated rings. The number of ether oxygens (including phenoxy) is 2. The first-order valence-electron chi connectivity index (χ1n) is 6.71. The van der Waals surface area contributed by atoms with Gasteiger partial charge in [0.1, 0.15) is 5.54 Å². The number of nitrogens with one attached hydrogen (secondary N) is 1. The predicted octanol–water partition coefficient (Wildman–Crippen LogP) is 0.814. The van der Waals surface area contributed by atoms with Gasteiger partial charge >= 0.3 is 0 Å². The molecule has 5 heteroatoms. The maximum absolute atomic E-state index is 11.5. The molecule has 1 aliphatic carbocycles. The largest absolute Gasteiger partial charge is 0.381 e. The molecule has 18 heavy (non-hydrogen) atoms. The lowest BCUT2D eigenvalue weighted by Gasteiger charge is -2.32. The first kappa shape index (κ1) is 15.4. The Morgan fingerprint density at radius 1 is 1.44 bits per heavy atom. The number of methoxy groups -OCH3 is 1. The van der Waals surface area contributed by atoms with E-state index in [-0.39, 0.29) is 18.1 Å². The highest BCUT2D eigenvalue weighted by Crippen LogP contribution is 2.23. The number of rotatable bonds is 7. The number of hydrogen-bond acceptors (Lipinski definition) is 4. The van der Waals surface area contributed by atoms with Crippen molar-refractivity contribution in [3.63, 3.8) is 0 Å². The van der Waals surface area contributed by atoms with Crippen molar-refractivity contribution < 1.29 is 14.3 Å². The fourth-order valence-corrected chi connectivity index (χ4v) is 2.35. The standard InChI is InChI=1S/C13H26N2O3/c1-4-15-13(2,12(14)16)9-18-11-7-5-6-10(8-11)17-3/h10-11,15H,4-9H2,1-3H3,(H2,14,16).